The summed E-state index contributed by atoms with van der Waals surface area (Å²) in [6.45, 7) is 4.33. The molecule has 3 N–H and O–H groups in total. The summed E-state index contributed by atoms with van der Waals surface area (Å²) in [6, 6.07) is 10.9. The summed E-state index contributed by atoms with van der Waals surface area (Å²) in [7, 11) is 2.95. The Morgan fingerprint density at radius 1 is 1.09 bits per heavy atom. The van der Waals surface area contributed by atoms with Crippen molar-refractivity contribution in [2.45, 2.75) is 38.5 Å². The standard InChI is InChI=1S/C26H31N3O6/c1-7-17-8-10-18(11-9-17)22(23(31)27-19-12-14-20(34-6)15-13-19)29(5)24(32)21(16-30)28-25(33)35-26(2,3)4/h1,8-15,21-22,30H,16H2,2-6H3,(H,27,31)(H,28,33). The lowest BCUT2D eigenvalue weighted by Crippen LogP contribution is -2.52. The van der Waals surface area contributed by atoms with Crippen LogP contribution in [-0.4, -0.2) is 60.3 Å². The van der Waals surface area contributed by atoms with Crippen LogP contribution in [0.2, 0.25) is 0 Å². The van der Waals surface area contributed by atoms with Crippen molar-refractivity contribution < 1.29 is 29.0 Å². The normalized spacial score (nSPS) is 12.5. The molecule has 0 aromatic heterocycles. The zero-order chi connectivity index (χ0) is 26.2. The number of carbonyl (C=O) groups excluding carboxylic acids is 3. The molecule has 9 heteroatoms. The van der Waals surface area contributed by atoms with E-state index >= 15 is 0 Å². The minimum absolute atomic E-state index is 0.486. The van der Waals surface area contributed by atoms with Crippen LogP contribution in [0.15, 0.2) is 48.5 Å². The molecule has 0 aliphatic rings. The van der Waals surface area contributed by atoms with Crippen molar-refractivity contribution in [1.82, 2.24) is 10.2 Å². The van der Waals surface area contributed by atoms with Gasteiger partial charge in [0.1, 0.15) is 23.4 Å². The molecule has 186 valence electrons. The van der Waals surface area contributed by atoms with Crippen molar-refractivity contribution >= 4 is 23.6 Å². The van der Waals surface area contributed by atoms with Gasteiger partial charge in [0.2, 0.25) is 5.91 Å². The molecule has 0 spiro atoms. The molecule has 0 saturated carbocycles. The number of ether oxygens (including phenoxy) is 2. The van der Waals surface area contributed by atoms with E-state index in [9.17, 15) is 19.5 Å². The second-order valence-electron chi connectivity index (χ2n) is 8.72. The largest absolute Gasteiger partial charge is 0.497 e. The van der Waals surface area contributed by atoms with Gasteiger partial charge in [-0.2, -0.15) is 0 Å². The topological polar surface area (TPSA) is 117 Å². The highest BCUT2D eigenvalue weighted by Crippen LogP contribution is 2.24. The Balaban J connectivity index is 2.32. The van der Waals surface area contributed by atoms with Gasteiger partial charge < -0.3 is 30.1 Å². The molecule has 0 radical (unpaired) electrons. The number of hydrogen-bond acceptors (Lipinski definition) is 6. The maximum atomic E-state index is 13.3. The number of likely N-dealkylation sites (N-methyl/N-ethyl adjacent to an activating group) is 1. The number of amides is 3. The highest BCUT2D eigenvalue weighted by Gasteiger charge is 2.34. The van der Waals surface area contributed by atoms with Crippen LogP contribution in [0.5, 0.6) is 5.75 Å². The van der Waals surface area contributed by atoms with Gasteiger partial charge in [-0.05, 0) is 62.7 Å². The molecule has 0 bridgehead atoms. The molecule has 2 unspecified atom stereocenters. The second-order valence-corrected chi connectivity index (χ2v) is 8.72. The van der Waals surface area contributed by atoms with Gasteiger partial charge in [0.25, 0.3) is 5.91 Å². The first-order valence-corrected chi connectivity index (χ1v) is 10.9. The van der Waals surface area contributed by atoms with Gasteiger partial charge in [-0.25, -0.2) is 4.79 Å². The Morgan fingerprint density at radius 2 is 1.69 bits per heavy atom. The number of nitrogens with one attached hydrogen (secondary N) is 2. The predicted molar refractivity (Wildman–Crippen MR) is 132 cm³/mol. The van der Waals surface area contributed by atoms with E-state index in [0.29, 0.717) is 22.6 Å². The molecule has 2 atom stereocenters. The van der Waals surface area contributed by atoms with Crippen LogP contribution in [0, 0.1) is 12.3 Å². The van der Waals surface area contributed by atoms with Gasteiger partial charge in [0, 0.05) is 18.3 Å². The highest BCUT2D eigenvalue weighted by atomic mass is 16.6. The van der Waals surface area contributed by atoms with E-state index in [4.69, 9.17) is 15.9 Å². The number of alkyl carbamates (subject to hydrolysis) is 1. The third-order valence-corrected chi connectivity index (χ3v) is 4.91. The van der Waals surface area contributed by atoms with E-state index in [1.807, 2.05) is 0 Å². The monoisotopic (exact) mass is 481 g/mol. The Labute approximate surface area is 205 Å². The van der Waals surface area contributed by atoms with E-state index < -0.39 is 42.2 Å². The van der Waals surface area contributed by atoms with Crippen LogP contribution in [-0.2, 0) is 14.3 Å². The number of anilines is 1. The molecule has 35 heavy (non-hydrogen) atoms. The van der Waals surface area contributed by atoms with Crippen molar-refractivity contribution in [3.8, 4) is 18.1 Å². The minimum Gasteiger partial charge on any atom is -0.497 e. The van der Waals surface area contributed by atoms with Gasteiger partial charge in [0.05, 0.1) is 13.7 Å². The number of rotatable bonds is 8. The third-order valence-electron chi connectivity index (χ3n) is 4.91. The molecular weight excluding hydrogens is 450 g/mol. The number of terminal acetylenes is 1. The molecule has 3 amide bonds. The molecular formula is C26H31N3O6. The third kappa shape index (κ3) is 7.76. The smallest absolute Gasteiger partial charge is 0.408 e. The number of aliphatic hydroxyl groups is 1. The van der Waals surface area contributed by atoms with Crippen molar-refractivity contribution in [2.24, 2.45) is 0 Å². The molecule has 0 heterocycles. The van der Waals surface area contributed by atoms with Crippen molar-refractivity contribution in [3.05, 3.63) is 59.7 Å². The van der Waals surface area contributed by atoms with Crippen molar-refractivity contribution in [1.29, 1.82) is 0 Å². The first-order chi connectivity index (χ1) is 16.5. The Hall–Kier alpha value is -4.03. The molecule has 9 nitrogen and oxygen atoms in total. The molecule has 0 aliphatic carbocycles. The van der Waals surface area contributed by atoms with Crippen molar-refractivity contribution in [2.75, 3.05) is 26.1 Å². The highest BCUT2D eigenvalue weighted by molar-refractivity contribution is 5.99. The van der Waals surface area contributed by atoms with Crippen molar-refractivity contribution in [3.63, 3.8) is 0 Å². The van der Waals surface area contributed by atoms with E-state index in [-0.39, 0.29) is 0 Å². The fourth-order valence-corrected chi connectivity index (χ4v) is 3.21. The minimum atomic E-state index is -1.32. The average Bonchev–Trinajstić information content (AvgIpc) is 2.82. The lowest BCUT2D eigenvalue weighted by molar-refractivity contribution is -0.139. The van der Waals surface area contributed by atoms with Gasteiger partial charge in [-0.3, -0.25) is 9.59 Å². The van der Waals surface area contributed by atoms with E-state index in [0.717, 1.165) is 4.90 Å². The van der Waals surface area contributed by atoms with E-state index in [1.165, 1.54) is 14.2 Å². The van der Waals surface area contributed by atoms with Crippen LogP contribution in [0.3, 0.4) is 0 Å². The van der Waals surface area contributed by atoms with Crippen LogP contribution in [0.1, 0.15) is 37.9 Å². The number of methoxy groups -OCH3 is 1. The van der Waals surface area contributed by atoms with Crippen LogP contribution < -0.4 is 15.4 Å². The fraction of sp³-hybridized carbons (Fsp3) is 0.346. The number of aliphatic hydroxyl groups excluding tert-OH is 1. The zero-order valence-electron chi connectivity index (χ0n) is 20.5. The van der Waals surface area contributed by atoms with Crippen LogP contribution >= 0.6 is 0 Å². The number of hydrogen-bond donors (Lipinski definition) is 3. The number of benzene rings is 2. The lowest BCUT2D eigenvalue weighted by atomic mass is 10.0. The Morgan fingerprint density at radius 3 is 2.17 bits per heavy atom. The van der Waals surface area contributed by atoms with E-state index in [2.05, 4.69) is 16.6 Å². The average molecular weight is 482 g/mol. The lowest BCUT2D eigenvalue weighted by Gasteiger charge is -2.31. The van der Waals surface area contributed by atoms with E-state index in [1.54, 1.807) is 69.3 Å². The molecule has 0 fully saturated rings. The zero-order valence-corrected chi connectivity index (χ0v) is 20.5. The Kier molecular flexibility index (Phi) is 9.26. The Bertz CT molecular complexity index is 1070. The summed E-state index contributed by atoms with van der Waals surface area (Å²) in [5.41, 5.74) is 0.794. The molecule has 0 aliphatic heterocycles. The van der Waals surface area contributed by atoms with Crippen LogP contribution in [0.4, 0.5) is 10.5 Å². The second kappa shape index (κ2) is 11.9. The van der Waals surface area contributed by atoms with Gasteiger partial charge in [-0.15, -0.1) is 6.42 Å². The summed E-state index contributed by atoms with van der Waals surface area (Å²) < 4.78 is 10.3. The quantitative estimate of drug-likeness (QED) is 0.499. The van der Waals surface area contributed by atoms with Gasteiger partial charge in [-0.1, -0.05) is 18.1 Å². The number of carbonyl (C=O) groups is 3. The van der Waals surface area contributed by atoms with Gasteiger partial charge in [0.15, 0.2) is 0 Å². The van der Waals surface area contributed by atoms with Gasteiger partial charge >= 0.3 is 6.09 Å². The molecule has 2 aromatic carbocycles. The fourth-order valence-electron chi connectivity index (χ4n) is 3.21. The van der Waals surface area contributed by atoms with Crippen LogP contribution in [0.25, 0.3) is 0 Å². The summed E-state index contributed by atoms with van der Waals surface area (Å²) in [4.78, 5) is 39.9. The maximum absolute atomic E-state index is 13.3. The SMILES string of the molecule is C#Cc1ccc(C(C(=O)Nc2ccc(OC)cc2)N(C)C(=O)C(CO)NC(=O)OC(C)(C)C)cc1. The predicted octanol–water partition coefficient (Wildman–Crippen LogP) is 2.70. The summed E-state index contributed by atoms with van der Waals surface area (Å²) in [6.07, 6.45) is 4.57. The molecule has 2 aromatic rings. The number of nitrogens with zero attached hydrogens (tertiary/aromatic N) is 1. The molecule has 0 saturated heterocycles. The first kappa shape index (κ1) is 27.2. The summed E-state index contributed by atoms with van der Waals surface area (Å²) in [5.74, 6) is 1.93. The maximum Gasteiger partial charge on any atom is 0.408 e. The first-order valence-electron chi connectivity index (χ1n) is 10.9. The molecule has 2 rings (SSSR count). The summed E-state index contributed by atoms with van der Waals surface area (Å²) >= 11 is 0. The summed E-state index contributed by atoms with van der Waals surface area (Å²) in [5, 5.41) is 14.9.